The summed E-state index contributed by atoms with van der Waals surface area (Å²) in [5, 5.41) is 0. The number of rotatable bonds is 5. The Balaban J connectivity index is 1.95. The molecule has 0 radical (unpaired) electrons. The van der Waals surface area contributed by atoms with E-state index in [0.717, 1.165) is 5.56 Å². The molecule has 0 aliphatic carbocycles. The van der Waals surface area contributed by atoms with E-state index in [0.29, 0.717) is 23.3 Å². The van der Waals surface area contributed by atoms with E-state index in [1.807, 2.05) is 0 Å². The van der Waals surface area contributed by atoms with Gasteiger partial charge in [0, 0.05) is 12.2 Å². The van der Waals surface area contributed by atoms with Crippen LogP contribution in [0.3, 0.4) is 0 Å². The second-order valence-corrected chi connectivity index (χ2v) is 5.37. The topological polar surface area (TPSA) is 78.2 Å². The Kier molecular flexibility index (Phi) is 4.33. The molecule has 0 aliphatic heterocycles. The van der Waals surface area contributed by atoms with Gasteiger partial charge in [-0.25, -0.2) is 9.18 Å². The van der Waals surface area contributed by atoms with Gasteiger partial charge in [-0.05, 0) is 35.9 Å². The molecule has 124 valence electrons. The zero-order valence-corrected chi connectivity index (χ0v) is 13.0. The fourth-order valence-corrected chi connectivity index (χ4v) is 2.53. The van der Waals surface area contributed by atoms with E-state index in [1.54, 1.807) is 35.2 Å². The van der Waals surface area contributed by atoms with Crippen molar-refractivity contribution < 1.29 is 13.9 Å². The van der Waals surface area contributed by atoms with Crippen LogP contribution in [0.1, 0.15) is 5.56 Å². The normalized spacial score (nSPS) is 10.8. The Hall–Kier alpha value is -3.09. The molecule has 0 fully saturated rings. The lowest BCUT2D eigenvalue weighted by atomic mass is 10.2. The minimum absolute atomic E-state index is 0.00712. The van der Waals surface area contributed by atoms with Crippen LogP contribution in [0.15, 0.2) is 47.3 Å². The summed E-state index contributed by atoms with van der Waals surface area (Å²) in [7, 11) is 1.32. The number of nitrogens with zero attached hydrogens (tertiary/aromatic N) is 1. The number of halogens is 1. The van der Waals surface area contributed by atoms with Gasteiger partial charge < -0.3 is 19.6 Å². The third kappa shape index (κ3) is 3.45. The highest BCUT2D eigenvalue weighted by molar-refractivity contribution is 5.81. The first kappa shape index (κ1) is 15.8. The first-order valence-electron chi connectivity index (χ1n) is 7.33. The SMILES string of the molecule is COC(=O)CN(Cc1cccc(F)c1)c1ccc2[nH]c(=O)[nH]c2c1. The molecular formula is C17H16FN3O3. The molecule has 1 aromatic heterocycles. The van der Waals surface area contributed by atoms with Crippen molar-refractivity contribution in [2.24, 2.45) is 0 Å². The molecule has 0 amide bonds. The summed E-state index contributed by atoms with van der Waals surface area (Å²) in [5.74, 6) is -0.745. The Bertz CT molecular complexity index is 932. The number of ether oxygens (including phenoxy) is 1. The Morgan fingerprint density at radius 3 is 2.71 bits per heavy atom. The Morgan fingerprint density at radius 2 is 1.96 bits per heavy atom. The van der Waals surface area contributed by atoms with Gasteiger partial charge in [0.2, 0.25) is 0 Å². The molecule has 24 heavy (non-hydrogen) atoms. The molecule has 0 unspecified atom stereocenters. The summed E-state index contributed by atoms with van der Waals surface area (Å²) < 4.78 is 18.1. The van der Waals surface area contributed by atoms with Gasteiger partial charge in [-0.1, -0.05) is 12.1 Å². The number of H-pyrrole nitrogens is 2. The number of anilines is 1. The summed E-state index contributed by atoms with van der Waals surface area (Å²) in [4.78, 5) is 30.2. The Morgan fingerprint density at radius 1 is 1.17 bits per heavy atom. The fraction of sp³-hybridized carbons (Fsp3) is 0.176. The Labute approximate surface area is 136 Å². The molecule has 7 heteroatoms. The van der Waals surface area contributed by atoms with Gasteiger partial charge in [0.15, 0.2) is 0 Å². The van der Waals surface area contributed by atoms with Crippen LogP contribution in [0.5, 0.6) is 0 Å². The van der Waals surface area contributed by atoms with Crippen LogP contribution in [0.4, 0.5) is 10.1 Å². The summed E-state index contributed by atoms with van der Waals surface area (Å²) in [6, 6.07) is 11.5. The number of hydrogen-bond donors (Lipinski definition) is 2. The van der Waals surface area contributed by atoms with E-state index in [-0.39, 0.29) is 18.1 Å². The predicted octanol–water partition coefficient (Wildman–Crippen LogP) is 2.17. The van der Waals surface area contributed by atoms with Gasteiger partial charge >= 0.3 is 11.7 Å². The molecule has 0 spiro atoms. The van der Waals surface area contributed by atoms with E-state index < -0.39 is 5.97 Å². The van der Waals surface area contributed by atoms with E-state index in [4.69, 9.17) is 4.74 Å². The van der Waals surface area contributed by atoms with Crippen LogP contribution >= 0.6 is 0 Å². The zero-order valence-electron chi connectivity index (χ0n) is 13.0. The minimum atomic E-state index is -0.408. The van der Waals surface area contributed by atoms with E-state index >= 15 is 0 Å². The molecule has 1 heterocycles. The number of aromatic amines is 2. The lowest BCUT2D eigenvalue weighted by Crippen LogP contribution is -2.30. The van der Waals surface area contributed by atoms with Crippen LogP contribution in [-0.2, 0) is 16.1 Å². The highest BCUT2D eigenvalue weighted by Gasteiger charge is 2.14. The molecule has 3 aromatic rings. The molecular weight excluding hydrogens is 313 g/mol. The summed E-state index contributed by atoms with van der Waals surface area (Å²) >= 11 is 0. The number of benzene rings is 2. The monoisotopic (exact) mass is 329 g/mol. The van der Waals surface area contributed by atoms with Crippen molar-refractivity contribution in [1.29, 1.82) is 0 Å². The number of nitrogens with one attached hydrogen (secondary N) is 2. The third-order valence-corrected chi connectivity index (χ3v) is 3.67. The third-order valence-electron chi connectivity index (χ3n) is 3.67. The second-order valence-electron chi connectivity index (χ2n) is 5.37. The van der Waals surface area contributed by atoms with Crippen molar-refractivity contribution in [1.82, 2.24) is 9.97 Å². The van der Waals surface area contributed by atoms with E-state index in [9.17, 15) is 14.0 Å². The van der Waals surface area contributed by atoms with Gasteiger partial charge in [0.25, 0.3) is 0 Å². The number of aromatic nitrogens is 2. The lowest BCUT2D eigenvalue weighted by Gasteiger charge is -2.23. The van der Waals surface area contributed by atoms with Crippen LogP contribution in [0, 0.1) is 5.82 Å². The number of hydrogen-bond acceptors (Lipinski definition) is 4. The highest BCUT2D eigenvalue weighted by atomic mass is 19.1. The number of carbonyl (C=O) groups is 1. The van der Waals surface area contributed by atoms with E-state index in [1.165, 1.54) is 19.2 Å². The number of fused-ring (bicyclic) bond motifs is 1. The van der Waals surface area contributed by atoms with Gasteiger partial charge in [-0.15, -0.1) is 0 Å². The van der Waals surface area contributed by atoms with Crippen molar-refractivity contribution in [2.75, 3.05) is 18.6 Å². The smallest absolute Gasteiger partial charge is 0.325 e. The van der Waals surface area contributed by atoms with Crippen molar-refractivity contribution in [3.05, 3.63) is 64.3 Å². The maximum absolute atomic E-state index is 13.4. The molecule has 6 nitrogen and oxygen atoms in total. The van der Waals surface area contributed by atoms with Gasteiger partial charge in [0.1, 0.15) is 12.4 Å². The molecule has 0 saturated carbocycles. The van der Waals surface area contributed by atoms with Crippen molar-refractivity contribution in [3.63, 3.8) is 0 Å². The van der Waals surface area contributed by atoms with Gasteiger partial charge in [-0.3, -0.25) is 4.79 Å². The minimum Gasteiger partial charge on any atom is -0.468 e. The highest BCUT2D eigenvalue weighted by Crippen LogP contribution is 2.21. The molecule has 0 aliphatic rings. The summed E-state index contributed by atoms with van der Waals surface area (Å²) in [6.07, 6.45) is 0. The summed E-state index contributed by atoms with van der Waals surface area (Å²) in [5.41, 5.74) is 2.44. The quantitative estimate of drug-likeness (QED) is 0.703. The maximum atomic E-state index is 13.4. The fourth-order valence-electron chi connectivity index (χ4n) is 2.53. The van der Waals surface area contributed by atoms with E-state index in [2.05, 4.69) is 9.97 Å². The van der Waals surface area contributed by atoms with Crippen LogP contribution < -0.4 is 10.6 Å². The van der Waals surface area contributed by atoms with Crippen molar-refractivity contribution in [3.8, 4) is 0 Å². The largest absolute Gasteiger partial charge is 0.468 e. The standard InChI is InChI=1S/C17H16FN3O3/c1-24-16(22)10-21(9-11-3-2-4-12(18)7-11)13-5-6-14-15(8-13)20-17(23)19-14/h2-8H,9-10H2,1H3,(H2,19,20,23). The molecule has 0 saturated heterocycles. The second kappa shape index (κ2) is 6.57. The number of methoxy groups -OCH3 is 1. The molecule has 2 aromatic carbocycles. The molecule has 0 bridgehead atoms. The molecule has 3 rings (SSSR count). The molecule has 0 atom stereocenters. The van der Waals surface area contributed by atoms with Crippen LogP contribution in [0.2, 0.25) is 0 Å². The average molecular weight is 329 g/mol. The first-order valence-corrected chi connectivity index (χ1v) is 7.33. The van der Waals surface area contributed by atoms with Crippen LogP contribution in [-0.4, -0.2) is 29.6 Å². The van der Waals surface area contributed by atoms with Crippen LogP contribution in [0.25, 0.3) is 11.0 Å². The van der Waals surface area contributed by atoms with Crippen molar-refractivity contribution >= 4 is 22.7 Å². The van der Waals surface area contributed by atoms with Gasteiger partial charge in [0.05, 0.1) is 18.1 Å². The first-order chi connectivity index (χ1) is 11.5. The maximum Gasteiger partial charge on any atom is 0.325 e. The average Bonchev–Trinajstić information content (AvgIpc) is 2.93. The molecule has 2 N–H and O–H groups in total. The predicted molar refractivity (Wildman–Crippen MR) is 88.4 cm³/mol. The lowest BCUT2D eigenvalue weighted by molar-refractivity contribution is -0.138. The number of imidazole rings is 1. The number of esters is 1. The van der Waals surface area contributed by atoms with Crippen molar-refractivity contribution in [2.45, 2.75) is 6.54 Å². The van der Waals surface area contributed by atoms with Gasteiger partial charge in [-0.2, -0.15) is 0 Å². The summed E-state index contributed by atoms with van der Waals surface area (Å²) in [6.45, 7) is 0.334. The zero-order chi connectivity index (χ0) is 17.1. The number of carbonyl (C=O) groups excluding carboxylic acids is 1.